The fourth-order valence-corrected chi connectivity index (χ4v) is 4.98. The van der Waals surface area contributed by atoms with Crippen molar-refractivity contribution in [2.24, 2.45) is 4.99 Å². The van der Waals surface area contributed by atoms with E-state index in [-0.39, 0.29) is 30.6 Å². The van der Waals surface area contributed by atoms with Gasteiger partial charge in [0.2, 0.25) is 5.91 Å². The van der Waals surface area contributed by atoms with Gasteiger partial charge in [0.1, 0.15) is 11.6 Å². The molecular formula is C33H29N3O4. The van der Waals surface area contributed by atoms with Gasteiger partial charge >= 0.3 is 0 Å². The molecule has 0 spiro atoms. The molecule has 0 bridgehead atoms. The van der Waals surface area contributed by atoms with Crippen molar-refractivity contribution in [3.05, 3.63) is 131 Å². The van der Waals surface area contributed by atoms with E-state index in [1.807, 2.05) is 84.9 Å². The highest BCUT2D eigenvalue weighted by Gasteiger charge is 2.50. The maximum atomic E-state index is 14.0. The third kappa shape index (κ3) is 5.14. The molecule has 0 aromatic heterocycles. The Hall–Kier alpha value is -5.04. The van der Waals surface area contributed by atoms with Gasteiger partial charge in [0.05, 0.1) is 20.1 Å². The van der Waals surface area contributed by atoms with Gasteiger partial charge in [-0.3, -0.25) is 19.3 Å². The van der Waals surface area contributed by atoms with Gasteiger partial charge in [0.25, 0.3) is 5.91 Å². The van der Waals surface area contributed by atoms with Gasteiger partial charge in [-0.1, -0.05) is 78.9 Å². The standard InChI is InChI=1S/C33H29N3O4/c1-23-35-33(26-12-5-3-6-13-26,27-14-7-4-8-15-27)32(39)36(23)22-29(37)24-17-19-28(20-18-24)34-31(38)21-25-11-9-10-16-30(25)40-2/h3-20H,21-22H2,1-2H3,(H,34,38). The van der Waals surface area contributed by atoms with Crippen LogP contribution in [0, 0.1) is 0 Å². The largest absolute Gasteiger partial charge is 0.496 e. The quantitative estimate of drug-likeness (QED) is 0.298. The van der Waals surface area contributed by atoms with Crippen LogP contribution in [0.1, 0.15) is 34.0 Å². The van der Waals surface area contributed by atoms with E-state index in [2.05, 4.69) is 5.32 Å². The molecule has 0 aliphatic carbocycles. The number of para-hydroxylation sites is 1. The predicted octanol–water partition coefficient (Wildman–Crippen LogP) is 5.26. The lowest BCUT2D eigenvalue weighted by Crippen LogP contribution is -2.43. The summed E-state index contributed by atoms with van der Waals surface area (Å²) in [6, 6.07) is 32.8. The number of rotatable bonds is 9. The van der Waals surface area contributed by atoms with Gasteiger partial charge in [-0.05, 0) is 48.4 Å². The number of carbonyl (C=O) groups is 3. The van der Waals surface area contributed by atoms with Crippen LogP contribution in [0.5, 0.6) is 5.75 Å². The normalized spacial score (nSPS) is 14.0. The van der Waals surface area contributed by atoms with Crippen molar-refractivity contribution in [1.29, 1.82) is 0 Å². The SMILES string of the molecule is COc1ccccc1CC(=O)Nc1ccc(C(=O)CN2C(=O)C(c3ccccc3)(c3ccccc3)N=C2C)cc1. The Labute approximate surface area is 233 Å². The molecule has 5 rings (SSSR count). The van der Waals surface area contributed by atoms with Gasteiger partial charge in [-0.15, -0.1) is 0 Å². The summed E-state index contributed by atoms with van der Waals surface area (Å²) in [6.07, 6.45) is 0.158. The fraction of sp³-hybridized carbons (Fsp3) is 0.152. The van der Waals surface area contributed by atoms with Crippen LogP contribution in [0.4, 0.5) is 5.69 Å². The minimum Gasteiger partial charge on any atom is -0.496 e. The van der Waals surface area contributed by atoms with Crippen LogP contribution < -0.4 is 10.1 Å². The average Bonchev–Trinajstić information content (AvgIpc) is 3.24. The van der Waals surface area contributed by atoms with Gasteiger partial charge in [0.15, 0.2) is 11.3 Å². The number of hydrogen-bond donors (Lipinski definition) is 1. The van der Waals surface area contributed by atoms with Crippen molar-refractivity contribution in [2.75, 3.05) is 19.0 Å². The van der Waals surface area contributed by atoms with Crippen LogP contribution in [0.2, 0.25) is 0 Å². The smallest absolute Gasteiger partial charge is 0.265 e. The molecule has 1 aliphatic heterocycles. The number of anilines is 1. The van der Waals surface area contributed by atoms with E-state index >= 15 is 0 Å². The molecule has 7 heteroatoms. The Kier molecular flexibility index (Phi) is 7.55. The minimum absolute atomic E-state index is 0.144. The lowest BCUT2D eigenvalue weighted by atomic mass is 9.83. The summed E-state index contributed by atoms with van der Waals surface area (Å²) < 4.78 is 5.32. The summed E-state index contributed by atoms with van der Waals surface area (Å²) >= 11 is 0. The monoisotopic (exact) mass is 531 g/mol. The topological polar surface area (TPSA) is 88.1 Å². The molecule has 200 valence electrons. The highest BCUT2D eigenvalue weighted by Crippen LogP contribution is 2.40. The number of amides is 2. The van der Waals surface area contributed by atoms with E-state index < -0.39 is 5.54 Å². The second kappa shape index (κ2) is 11.4. The highest BCUT2D eigenvalue weighted by molar-refractivity contribution is 6.13. The molecule has 1 heterocycles. The number of ketones is 1. The molecule has 4 aromatic rings. The van der Waals surface area contributed by atoms with Gasteiger partial charge < -0.3 is 10.1 Å². The molecule has 0 radical (unpaired) electrons. The Morgan fingerprint density at radius 2 is 1.40 bits per heavy atom. The van der Waals surface area contributed by atoms with Crippen molar-refractivity contribution in [1.82, 2.24) is 4.90 Å². The zero-order chi connectivity index (χ0) is 28.1. The summed E-state index contributed by atoms with van der Waals surface area (Å²) in [6.45, 7) is 1.61. The van der Waals surface area contributed by atoms with Crippen LogP contribution in [0.25, 0.3) is 0 Å². The summed E-state index contributed by atoms with van der Waals surface area (Å²) in [4.78, 5) is 46.1. The number of nitrogens with zero attached hydrogens (tertiary/aromatic N) is 2. The molecule has 0 saturated heterocycles. The van der Waals surface area contributed by atoms with Gasteiger partial charge in [-0.25, -0.2) is 4.99 Å². The fourth-order valence-electron chi connectivity index (χ4n) is 4.98. The third-order valence-corrected chi connectivity index (χ3v) is 6.99. The molecule has 0 saturated carbocycles. The molecule has 0 atom stereocenters. The van der Waals surface area contributed by atoms with Crippen molar-refractivity contribution < 1.29 is 19.1 Å². The second-order valence-corrected chi connectivity index (χ2v) is 9.53. The number of Topliss-reactive ketones (excluding diaryl/α,β-unsaturated/α-hetero) is 1. The Balaban J connectivity index is 1.30. The minimum atomic E-state index is -1.25. The first-order valence-electron chi connectivity index (χ1n) is 13.0. The first-order valence-corrected chi connectivity index (χ1v) is 13.0. The van der Waals surface area contributed by atoms with Crippen molar-refractivity contribution in [2.45, 2.75) is 18.9 Å². The Morgan fingerprint density at radius 3 is 2.00 bits per heavy atom. The Bertz CT molecular complexity index is 1530. The summed E-state index contributed by atoms with van der Waals surface area (Å²) in [5.74, 6) is 0.433. The molecule has 40 heavy (non-hydrogen) atoms. The van der Waals surface area contributed by atoms with Gasteiger partial charge in [0, 0.05) is 16.8 Å². The highest BCUT2D eigenvalue weighted by atomic mass is 16.5. The molecule has 7 nitrogen and oxygen atoms in total. The first-order chi connectivity index (χ1) is 19.4. The first kappa shape index (κ1) is 26.6. The lowest BCUT2D eigenvalue weighted by Gasteiger charge is -2.27. The maximum absolute atomic E-state index is 14.0. The van der Waals surface area contributed by atoms with E-state index in [0.29, 0.717) is 22.8 Å². The van der Waals surface area contributed by atoms with E-state index in [9.17, 15) is 14.4 Å². The predicted molar refractivity (Wildman–Crippen MR) is 155 cm³/mol. The van der Waals surface area contributed by atoms with Crippen LogP contribution in [-0.2, 0) is 21.5 Å². The molecule has 1 N–H and O–H groups in total. The second-order valence-electron chi connectivity index (χ2n) is 9.53. The number of carbonyl (C=O) groups excluding carboxylic acids is 3. The van der Waals surface area contributed by atoms with Crippen molar-refractivity contribution in [3.8, 4) is 5.75 Å². The molecule has 4 aromatic carbocycles. The van der Waals surface area contributed by atoms with E-state index in [1.165, 1.54) is 4.90 Å². The van der Waals surface area contributed by atoms with Crippen molar-refractivity contribution >= 4 is 29.1 Å². The molecule has 1 aliphatic rings. The van der Waals surface area contributed by atoms with E-state index in [1.54, 1.807) is 38.3 Å². The molecule has 2 amide bonds. The van der Waals surface area contributed by atoms with Crippen LogP contribution in [0.15, 0.2) is 114 Å². The lowest BCUT2D eigenvalue weighted by molar-refractivity contribution is -0.129. The Morgan fingerprint density at radius 1 is 0.825 bits per heavy atom. The molecule has 0 fully saturated rings. The zero-order valence-electron chi connectivity index (χ0n) is 22.3. The number of ether oxygens (including phenoxy) is 1. The number of hydrogen-bond acceptors (Lipinski definition) is 5. The van der Waals surface area contributed by atoms with Crippen LogP contribution in [0.3, 0.4) is 0 Å². The summed E-state index contributed by atoms with van der Waals surface area (Å²) in [7, 11) is 1.57. The number of aliphatic imine (C=N–C) groups is 1. The average molecular weight is 532 g/mol. The summed E-state index contributed by atoms with van der Waals surface area (Å²) in [5.41, 5.74) is 2.02. The molecule has 0 unspecified atom stereocenters. The van der Waals surface area contributed by atoms with Crippen LogP contribution in [-0.4, -0.2) is 42.0 Å². The zero-order valence-corrected chi connectivity index (χ0v) is 22.3. The third-order valence-electron chi connectivity index (χ3n) is 6.99. The number of methoxy groups -OCH3 is 1. The maximum Gasteiger partial charge on any atom is 0.265 e. The number of nitrogens with one attached hydrogen (secondary N) is 1. The van der Waals surface area contributed by atoms with Gasteiger partial charge in [-0.2, -0.15) is 0 Å². The summed E-state index contributed by atoms with van der Waals surface area (Å²) in [5, 5.41) is 2.85. The number of amidine groups is 1. The van der Waals surface area contributed by atoms with E-state index in [0.717, 1.165) is 16.7 Å². The van der Waals surface area contributed by atoms with Crippen molar-refractivity contribution in [3.63, 3.8) is 0 Å². The molecular weight excluding hydrogens is 502 g/mol. The van der Waals surface area contributed by atoms with E-state index in [4.69, 9.17) is 9.73 Å². The van der Waals surface area contributed by atoms with Crippen LogP contribution >= 0.6 is 0 Å². The number of benzene rings is 4.